The number of benzene rings is 1. The molecule has 0 aliphatic heterocycles. The highest BCUT2D eigenvalue weighted by Gasteiger charge is 2.31. The van der Waals surface area contributed by atoms with Crippen LogP contribution in [0.5, 0.6) is 0 Å². The highest BCUT2D eigenvalue weighted by Crippen LogP contribution is 2.41. The lowest BCUT2D eigenvalue weighted by Gasteiger charge is -2.25. The molecule has 2 aromatic rings. The van der Waals surface area contributed by atoms with Gasteiger partial charge in [0.2, 0.25) is 0 Å². The van der Waals surface area contributed by atoms with E-state index in [9.17, 15) is 0 Å². The highest BCUT2D eigenvalue weighted by atomic mass is 15.4. The van der Waals surface area contributed by atoms with E-state index in [2.05, 4.69) is 46.8 Å². The van der Waals surface area contributed by atoms with Gasteiger partial charge in [0.15, 0.2) is 0 Å². The van der Waals surface area contributed by atoms with Crippen molar-refractivity contribution < 1.29 is 0 Å². The van der Waals surface area contributed by atoms with E-state index in [4.69, 9.17) is 0 Å². The van der Waals surface area contributed by atoms with Crippen molar-refractivity contribution in [3.63, 3.8) is 0 Å². The minimum Gasteiger partial charge on any atom is -0.308 e. The second-order valence-electron chi connectivity index (χ2n) is 5.56. The Kier molecular flexibility index (Phi) is 3.83. The van der Waals surface area contributed by atoms with Crippen LogP contribution in [-0.2, 0) is 13.5 Å². The molecular weight excluding hydrogens is 248 g/mol. The largest absolute Gasteiger partial charge is 0.308 e. The van der Waals surface area contributed by atoms with Crippen molar-refractivity contribution in [1.82, 2.24) is 20.3 Å². The van der Waals surface area contributed by atoms with Gasteiger partial charge >= 0.3 is 0 Å². The van der Waals surface area contributed by atoms with Crippen LogP contribution in [0.4, 0.5) is 0 Å². The number of nitrogens with zero attached hydrogens (tertiary/aromatic N) is 3. The molecule has 0 fully saturated rings. The third-order valence-corrected chi connectivity index (χ3v) is 4.26. The van der Waals surface area contributed by atoms with E-state index in [1.165, 1.54) is 29.7 Å². The number of hydrogen-bond acceptors (Lipinski definition) is 3. The standard InChI is InChI=1S/C16H22N4/c1-3-10-17-16(15-11-18-19-20(15)2)14-9-8-12-6-4-5-7-13(12)14/h4-7,11,14,16-17H,3,8-10H2,1-2H3. The van der Waals surface area contributed by atoms with Crippen LogP contribution in [0.2, 0.25) is 0 Å². The van der Waals surface area contributed by atoms with Gasteiger partial charge in [-0.2, -0.15) is 0 Å². The maximum atomic E-state index is 4.10. The molecule has 0 saturated carbocycles. The van der Waals surface area contributed by atoms with E-state index in [0.29, 0.717) is 12.0 Å². The topological polar surface area (TPSA) is 42.7 Å². The summed E-state index contributed by atoms with van der Waals surface area (Å²) in [6, 6.07) is 9.13. The van der Waals surface area contributed by atoms with Crippen molar-refractivity contribution in [3.8, 4) is 0 Å². The second kappa shape index (κ2) is 5.75. The number of aryl methyl sites for hydroxylation is 2. The fraction of sp³-hybridized carbons (Fsp3) is 0.500. The zero-order valence-corrected chi connectivity index (χ0v) is 12.2. The van der Waals surface area contributed by atoms with E-state index in [1.54, 1.807) is 0 Å². The number of nitrogens with one attached hydrogen (secondary N) is 1. The van der Waals surface area contributed by atoms with E-state index in [-0.39, 0.29) is 0 Å². The number of aromatic nitrogens is 3. The van der Waals surface area contributed by atoms with Crippen LogP contribution in [0.3, 0.4) is 0 Å². The fourth-order valence-corrected chi connectivity index (χ4v) is 3.27. The summed E-state index contributed by atoms with van der Waals surface area (Å²) in [6.07, 6.45) is 5.41. The summed E-state index contributed by atoms with van der Waals surface area (Å²) >= 11 is 0. The first kappa shape index (κ1) is 13.3. The maximum absolute atomic E-state index is 4.10. The lowest BCUT2D eigenvalue weighted by Crippen LogP contribution is -2.28. The summed E-state index contributed by atoms with van der Waals surface area (Å²) < 4.78 is 1.90. The van der Waals surface area contributed by atoms with Crippen LogP contribution in [0.25, 0.3) is 0 Å². The molecule has 2 unspecified atom stereocenters. The second-order valence-corrected chi connectivity index (χ2v) is 5.56. The fourth-order valence-electron chi connectivity index (χ4n) is 3.27. The molecule has 1 N–H and O–H groups in total. The summed E-state index contributed by atoms with van der Waals surface area (Å²) in [5, 5.41) is 11.8. The molecule has 106 valence electrons. The van der Waals surface area contributed by atoms with Gasteiger partial charge in [-0.25, -0.2) is 0 Å². The van der Waals surface area contributed by atoms with Crippen LogP contribution in [0, 0.1) is 0 Å². The minimum atomic E-state index is 0.304. The molecule has 20 heavy (non-hydrogen) atoms. The molecule has 1 aliphatic carbocycles. The van der Waals surface area contributed by atoms with Crippen molar-refractivity contribution in [1.29, 1.82) is 0 Å². The minimum absolute atomic E-state index is 0.304. The van der Waals surface area contributed by atoms with Gasteiger partial charge in [-0.1, -0.05) is 36.4 Å². The number of rotatable bonds is 5. The third kappa shape index (κ3) is 2.36. The van der Waals surface area contributed by atoms with Gasteiger partial charge in [-0.05, 0) is 36.9 Å². The first-order valence-electron chi connectivity index (χ1n) is 7.47. The Bertz CT molecular complexity index is 575. The molecule has 4 nitrogen and oxygen atoms in total. The van der Waals surface area contributed by atoms with Crippen LogP contribution in [0.15, 0.2) is 30.5 Å². The van der Waals surface area contributed by atoms with Crippen LogP contribution in [0.1, 0.15) is 48.5 Å². The average molecular weight is 270 g/mol. The third-order valence-electron chi connectivity index (χ3n) is 4.26. The molecule has 0 saturated heterocycles. The normalized spacial score (nSPS) is 19.0. The SMILES string of the molecule is CCCNC(c1cnnn1C)C1CCc2ccccc21. The van der Waals surface area contributed by atoms with E-state index >= 15 is 0 Å². The Labute approximate surface area is 120 Å². The predicted octanol–water partition coefficient (Wildman–Crippen LogP) is 2.59. The molecule has 3 rings (SSSR count). The molecule has 1 aromatic carbocycles. The van der Waals surface area contributed by atoms with E-state index in [1.807, 2.05) is 17.9 Å². The summed E-state index contributed by atoms with van der Waals surface area (Å²) in [7, 11) is 1.98. The van der Waals surface area contributed by atoms with Gasteiger partial charge in [0.25, 0.3) is 0 Å². The Morgan fingerprint density at radius 3 is 3.00 bits per heavy atom. The molecule has 1 aromatic heterocycles. The van der Waals surface area contributed by atoms with Gasteiger partial charge in [0, 0.05) is 13.0 Å². The molecule has 0 amide bonds. The van der Waals surface area contributed by atoms with Crippen molar-refractivity contribution in [3.05, 3.63) is 47.3 Å². The summed E-state index contributed by atoms with van der Waals surface area (Å²) in [5.41, 5.74) is 4.17. The van der Waals surface area contributed by atoms with Crippen LogP contribution in [-0.4, -0.2) is 21.5 Å². The van der Waals surface area contributed by atoms with Crippen molar-refractivity contribution >= 4 is 0 Å². The zero-order chi connectivity index (χ0) is 13.9. The van der Waals surface area contributed by atoms with Crippen molar-refractivity contribution in [2.45, 2.75) is 38.1 Å². The Morgan fingerprint density at radius 1 is 1.40 bits per heavy atom. The quantitative estimate of drug-likeness (QED) is 0.908. The zero-order valence-electron chi connectivity index (χ0n) is 12.2. The Balaban J connectivity index is 1.93. The van der Waals surface area contributed by atoms with Crippen molar-refractivity contribution in [2.75, 3.05) is 6.54 Å². The predicted molar refractivity (Wildman–Crippen MR) is 79.5 cm³/mol. The lowest BCUT2D eigenvalue weighted by molar-refractivity contribution is 0.418. The molecule has 0 bridgehead atoms. The smallest absolute Gasteiger partial charge is 0.0759 e. The summed E-state index contributed by atoms with van der Waals surface area (Å²) in [5.74, 6) is 0.523. The molecule has 2 atom stereocenters. The van der Waals surface area contributed by atoms with E-state index in [0.717, 1.165) is 13.0 Å². The first-order chi connectivity index (χ1) is 9.81. The average Bonchev–Trinajstić information content (AvgIpc) is 3.07. The number of hydrogen-bond donors (Lipinski definition) is 1. The molecule has 1 aliphatic rings. The van der Waals surface area contributed by atoms with Gasteiger partial charge in [-0.3, -0.25) is 4.68 Å². The molecule has 0 spiro atoms. The summed E-state index contributed by atoms with van der Waals surface area (Å²) in [4.78, 5) is 0. The van der Waals surface area contributed by atoms with E-state index < -0.39 is 0 Å². The van der Waals surface area contributed by atoms with Gasteiger partial charge < -0.3 is 5.32 Å². The van der Waals surface area contributed by atoms with Crippen LogP contribution >= 0.6 is 0 Å². The molecule has 0 radical (unpaired) electrons. The molecule has 4 heteroatoms. The maximum Gasteiger partial charge on any atom is 0.0759 e. The van der Waals surface area contributed by atoms with Gasteiger partial charge in [-0.15, -0.1) is 5.10 Å². The molecule has 1 heterocycles. The van der Waals surface area contributed by atoms with Crippen LogP contribution < -0.4 is 5.32 Å². The first-order valence-corrected chi connectivity index (χ1v) is 7.47. The van der Waals surface area contributed by atoms with Gasteiger partial charge in [0.05, 0.1) is 17.9 Å². The molecular formula is C16H22N4. The Morgan fingerprint density at radius 2 is 2.25 bits per heavy atom. The van der Waals surface area contributed by atoms with Crippen molar-refractivity contribution in [2.24, 2.45) is 7.05 Å². The van der Waals surface area contributed by atoms with Gasteiger partial charge in [0.1, 0.15) is 0 Å². The summed E-state index contributed by atoms with van der Waals surface area (Å²) in [6.45, 7) is 3.22. The highest BCUT2D eigenvalue weighted by molar-refractivity contribution is 5.37. The monoisotopic (exact) mass is 270 g/mol. The lowest BCUT2D eigenvalue weighted by atomic mass is 9.91. The number of fused-ring (bicyclic) bond motifs is 1. The Hall–Kier alpha value is -1.68.